The molecule has 7 nitrogen and oxygen atoms in total. The maximum absolute atomic E-state index is 11.4. The lowest BCUT2D eigenvalue weighted by atomic mass is 10.1. The van der Waals surface area contributed by atoms with Gasteiger partial charge in [-0.2, -0.15) is 0 Å². The van der Waals surface area contributed by atoms with Crippen LogP contribution >= 0.6 is 0 Å². The molecule has 0 aromatic carbocycles. The van der Waals surface area contributed by atoms with Crippen molar-refractivity contribution in [2.75, 3.05) is 13.1 Å². The van der Waals surface area contributed by atoms with E-state index in [1.54, 1.807) is 12.3 Å². The van der Waals surface area contributed by atoms with Crippen LogP contribution in [0.25, 0.3) is 0 Å². The Morgan fingerprint density at radius 2 is 2.11 bits per heavy atom. The Morgan fingerprint density at radius 3 is 2.68 bits per heavy atom. The minimum Gasteiger partial charge on any atom is -0.479 e. The second-order valence-electron chi connectivity index (χ2n) is 4.26. The highest BCUT2D eigenvalue weighted by molar-refractivity contribution is 5.79. The fourth-order valence-corrected chi connectivity index (χ4v) is 1.24. The van der Waals surface area contributed by atoms with Crippen LogP contribution in [-0.4, -0.2) is 45.9 Å². The molecule has 7 heteroatoms. The SMILES string of the molecule is CC(O)(CNC(=O)NCCc1ccccn1)C(=O)O. The van der Waals surface area contributed by atoms with E-state index in [0.717, 1.165) is 12.6 Å². The lowest BCUT2D eigenvalue weighted by Crippen LogP contribution is -2.49. The number of aliphatic carboxylic acids is 1. The van der Waals surface area contributed by atoms with Crippen molar-refractivity contribution in [2.45, 2.75) is 18.9 Å². The first-order valence-electron chi connectivity index (χ1n) is 5.79. The molecule has 0 fully saturated rings. The van der Waals surface area contributed by atoms with E-state index in [-0.39, 0.29) is 6.54 Å². The predicted molar refractivity (Wildman–Crippen MR) is 67.6 cm³/mol. The molecule has 0 spiro atoms. The summed E-state index contributed by atoms with van der Waals surface area (Å²) >= 11 is 0. The van der Waals surface area contributed by atoms with E-state index in [0.29, 0.717) is 13.0 Å². The summed E-state index contributed by atoms with van der Waals surface area (Å²) in [5.74, 6) is -1.39. The molecule has 1 heterocycles. The molecule has 1 rings (SSSR count). The average molecular weight is 267 g/mol. The number of amides is 2. The molecule has 0 aliphatic carbocycles. The number of carboxylic acids is 1. The van der Waals surface area contributed by atoms with Crippen LogP contribution in [0.3, 0.4) is 0 Å². The number of carboxylic acid groups (broad SMARTS) is 1. The monoisotopic (exact) mass is 267 g/mol. The topological polar surface area (TPSA) is 112 Å². The number of hydrogen-bond acceptors (Lipinski definition) is 4. The van der Waals surface area contributed by atoms with Crippen LogP contribution in [0.5, 0.6) is 0 Å². The number of aromatic nitrogens is 1. The van der Waals surface area contributed by atoms with Crippen molar-refractivity contribution in [3.63, 3.8) is 0 Å². The molecule has 0 saturated carbocycles. The van der Waals surface area contributed by atoms with Gasteiger partial charge in [0.05, 0.1) is 6.54 Å². The summed E-state index contributed by atoms with van der Waals surface area (Å²) in [4.78, 5) is 26.1. The molecule has 0 aliphatic heterocycles. The van der Waals surface area contributed by atoms with Gasteiger partial charge in [-0.1, -0.05) is 6.07 Å². The molecule has 0 saturated heterocycles. The molecular weight excluding hydrogens is 250 g/mol. The van der Waals surface area contributed by atoms with Gasteiger partial charge in [-0.05, 0) is 19.1 Å². The summed E-state index contributed by atoms with van der Waals surface area (Å²) in [6.07, 6.45) is 2.24. The smallest absolute Gasteiger partial charge is 0.337 e. The highest BCUT2D eigenvalue weighted by atomic mass is 16.4. The van der Waals surface area contributed by atoms with Crippen LogP contribution in [0, 0.1) is 0 Å². The van der Waals surface area contributed by atoms with Crippen LogP contribution in [0.4, 0.5) is 4.79 Å². The van der Waals surface area contributed by atoms with Crippen LogP contribution in [0.15, 0.2) is 24.4 Å². The van der Waals surface area contributed by atoms with Gasteiger partial charge < -0.3 is 20.8 Å². The lowest BCUT2D eigenvalue weighted by molar-refractivity contribution is -0.155. The van der Waals surface area contributed by atoms with Crippen molar-refractivity contribution in [3.8, 4) is 0 Å². The lowest BCUT2D eigenvalue weighted by Gasteiger charge is -2.18. The number of nitrogens with zero attached hydrogens (tertiary/aromatic N) is 1. The summed E-state index contributed by atoms with van der Waals surface area (Å²) in [5, 5.41) is 22.9. The minimum atomic E-state index is -1.97. The fraction of sp³-hybridized carbons (Fsp3) is 0.417. The minimum absolute atomic E-state index is 0.363. The highest BCUT2D eigenvalue weighted by Gasteiger charge is 2.30. The third kappa shape index (κ3) is 5.35. The van der Waals surface area contributed by atoms with Gasteiger partial charge in [-0.15, -0.1) is 0 Å². The molecule has 0 aliphatic rings. The third-order valence-corrected chi connectivity index (χ3v) is 2.45. The van der Waals surface area contributed by atoms with Gasteiger partial charge in [0.2, 0.25) is 0 Å². The highest BCUT2D eigenvalue weighted by Crippen LogP contribution is 2.00. The molecule has 19 heavy (non-hydrogen) atoms. The van der Waals surface area contributed by atoms with Gasteiger partial charge in [0.15, 0.2) is 5.60 Å². The molecule has 0 bridgehead atoms. The quantitative estimate of drug-likeness (QED) is 0.568. The molecule has 1 atom stereocenters. The summed E-state index contributed by atoms with van der Waals surface area (Å²) < 4.78 is 0. The molecule has 1 unspecified atom stereocenters. The van der Waals surface area contributed by atoms with Crippen molar-refractivity contribution in [1.82, 2.24) is 15.6 Å². The second-order valence-corrected chi connectivity index (χ2v) is 4.26. The fourth-order valence-electron chi connectivity index (χ4n) is 1.24. The Labute approximate surface area is 110 Å². The van der Waals surface area contributed by atoms with Crippen molar-refractivity contribution in [2.24, 2.45) is 0 Å². The molecular formula is C12H17N3O4. The number of carbonyl (C=O) groups excluding carboxylic acids is 1. The van der Waals surface area contributed by atoms with E-state index in [2.05, 4.69) is 15.6 Å². The molecule has 1 aromatic heterocycles. The number of rotatable bonds is 6. The summed E-state index contributed by atoms with van der Waals surface area (Å²) in [7, 11) is 0. The first-order chi connectivity index (χ1) is 8.92. The first-order valence-corrected chi connectivity index (χ1v) is 5.79. The largest absolute Gasteiger partial charge is 0.479 e. The summed E-state index contributed by atoms with van der Waals surface area (Å²) in [6, 6.07) is 4.97. The number of carbonyl (C=O) groups is 2. The van der Waals surface area contributed by atoms with Crippen molar-refractivity contribution < 1.29 is 19.8 Å². The van der Waals surface area contributed by atoms with Crippen molar-refractivity contribution >= 4 is 12.0 Å². The number of urea groups is 1. The zero-order valence-electron chi connectivity index (χ0n) is 10.6. The maximum atomic E-state index is 11.4. The first kappa shape index (κ1) is 14.9. The van der Waals surface area contributed by atoms with E-state index < -0.39 is 17.6 Å². The van der Waals surface area contributed by atoms with Gasteiger partial charge in [0.25, 0.3) is 0 Å². The van der Waals surface area contributed by atoms with Crippen LogP contribution in [0.1, 0.15) is 12.6 Å². The molecule has 4 N–H and O–H groups in total. The Morgan fingerprint density at radius 1 is 1.37 bits per heavy atom. The standard InChI is InChI=1S/C12H17N3O4/c1-12(19,10(16)17)8-15-11(18)14-7-5-9-4-2-3-6-13-9/h2-4,6,19H,5,7-8H2,1H3,(H,16,17)(H2,14,15,18). The number of aliphatic hydroxyl groups is 1. The van der Waals surface area contributed by atoms with E-state index in [1.165, 1.54) is 0 Å². The third-order valence-electron chi connectivity index (χ3n) is 2.45. The van der Waals surface area contributed by atoms with E-state index >= 15 is 0 Å². The zero-order chi connectivity index (χ0) is 14.3. The Kier molecular flexibility index (Phi) is 5.25. The van der Waals surface area contributed by atoms with Gasteiger partial charge in [-0.3, -0.25) is 4.98 Å². The van der Waals surface area contributed by atoms with E-state index in [4.69, 9.17) is 5.11 Å². The Balaban J connectivity index is 2.24. The van der Waals surface area contributed by atoms with Gasteiger partial charge >= 0.3 is 12.0 Å². The zero-order valence-corrected chi connectivity index (χ0v) is 10.6. The van der Waals surface area contributed by atoms with Crippen LogP contribution in [-0.2, 0) is 11.2 Å². The predicted octanol–water partition coefficient (Wildman–Crippen LogP) is -0.241. The summed E-state index contributed by atoms with van der Waals surface area (Å²) in [5.41, 5.74) is -1.13. The maximum Gasteiger partial charge on any atom is 0.337 e. The van der Waals surface area contributed by atoms with Crippen LogP contribution in [0.2, 0.25) is 0 Å². The number of pyridine rings is 1. The Bertz CT molecular complexity index is 434. The van der Waals surface area contributed by atoms with Crippen molar-refractivity contribution in [3.05, 3.63) is 30.1 Å². The van der Waals surface area contributed by atoms with Gasteiger partial charge in [-0.25, -0.2) is 9.59 Å². The average Bonchev–Trinajstić information content (AvgIpc) is 2.37. The normalized spacial score (nSPS) is 13.4. The summed E-state index contributed by atoms with van der Waals surface area (Å²) in [6.45, 7) is 1.12. The number of hydrogen-bond donors (Lipinski definition) is 4. The molecule has 0 radical (unpaired) electrons. The van der Waals surface area contributed by atoms with Crippen molar-refractivity contribution in [1.29, 1.82) is 0 Å². The van der Waals surface area contributed by atoms with E-state index in [1.807, 2.05) is 12.1 Å². The van der Waals surface area contributed by atoms with E-state index in [9.17, 15) is 14.7 Å². The molecule has 1 aromatic rings. The van der Waals surface area contributed by atoms with Gasteiger partial charge in [0, 0.05) is 24.9 Å². The number of nitrogens with one attached hydrogen (secondary N) is 2. The van der Waals surface area contributed by atoms with Crippen LogP contribution < -0.4 is 10.6 Å². The Hall–Kier alpha value is -2.15. The van der Waals surface area contributed by atoms with Gasteiger partial charge in [0.1, 0.15) is 0 Å². The molecule has 2 amide bonds. The second kappa shape index (κ2) is 6.69. The molecule has 104 valence electrons.